The van der Waals surface area contributed by atoms with Gasteiger partial charge in [-0.05, 0) is 88.6 Å². The molecule has 5 nitrogen and oxygen atoms in total. The summed E-state index contributed by atoms with van der Waals surface area (Å²) in [5, 5.41) is 13.4. The highest BCUT2D eigenvalue weighted by atomic mass is 79.9. The van der Waals surface area contributed by atoms with Crippen LogP contribution in [0.2, 0.25) is 10.0 Å². The molecule has 0 saturated carbocycles. The molecule has 39 heavy (non-hydrogen) atoms. The number of hydrogen-bond donors (Lipinski definition) is 1. The van der Waals surface area contributed by atoms with E-state index in [1.54, 1.807) is 60.7 Å². The predicted octanol–water partition coefficient (Wildman–Crippen LogP) is 8.77. The van der Waals surface area contributed by atoms with Crippen molar-refractivity contribution in [1.82, 2.24) is 0 Å². The van der Waals surface area contributed by atoms with Crippen LogP contribution in [0.1, 0.15) is 22.3 Å². The molecule has 0 spiro atoms. The van der Waals surface area contributed by atoms with E-state index >= 15 is 0 Å². The summed E-state index contributed by atoms with van der Waals surface area (Å²) in [6.45, 7) is 2.74. The third-order valence-corrected chi connectivity index (χ3v) is 6.88. The van der Waals surface area contributed by atoms with E-state index in [0.29, 0.717) is 43.9 Å². The maximum atomic E-state index is 12.7. The number of nitrogens with zero attached hydrogens (tertiary/aromatic N) is 1. The Hall–Kier alpha value is -3.76. The Kier molecular flexibility index (Phi) is 9.67. The monoisotopic (exact) mass is 620 g/mol. The minimum atomic E-state index is -0.514. The van der Waals surface area contributed by atoms with Crippen LogP contribution in [0.15, 0.2) is 95.0 Å². The smallest absolute Gasteiger partial charge is 0.266 e. The van der Waals surface area contributed by atoms with Gasteiger partial charge in [0.2, 0.25) is 0 Å². The molecule has 1 N–H and O–H groups in total. The first-order chi connectivity index (χ1) is 18.8. The third kappa shape index (κ3) is 8.11. The number of nitrogens with one attached hydrogen (secondary N) is 1. The first-order valence-electron chi connectivity index (χ1n) is 11.9. The van der Waals surface area contributed by atoms with Crippen molar-refractivity contribution in [1.29, 1.82) is 5.26 Å². The number of hydrogen-bond acceptors (Lipinski definition) is 4. The fourth-order valence-electron chi connectivity index (χ4n) is 3.52. The fraction of sp³-hybridized carbons (Fsp3) is 0.0968. The van der Waals surface area contributed by atoms with E-state index in [1.165, 1.54) is 11.6 Å². The molecule has 0 aliphatic carbocycles. The van der Waals surface area contributed by atoms with Crippen LogP contribution >= 0.6 is 39.1 Å². The Bertz CT molecular complexity index is 1550. The van der Waals surface area contributed by atoms with E-state index in [9.17, 15) is 10.1 Å². The average Bonchev–Trinajstić information content (AvgIpc) is 2.92. The van der Waals surface area contributed by atoms with Gasteiger partial charge in [0.25, 0.3) is 5.91 Å². The van der Waals surface area contributed by atoms with Crippen LogP contribution < -0.4 is 14.8 Å². The number of aryl methyl sites for hydroxylation is 1. The van der Waals surface area contributed by atoms with Crippen LogP contribution in [0, 0.1) is 18.3 Å². The molecule has 0 fully saturated rings. The molecule has 8 heteroatoms. The largest absolute Gasteiger partial charge is 0.489 e. The van der Waals surface area contributed by atoms with E-state index in [4.69, 9.17) is 32.7 Å². The van der Waals surface area contributed by atoms with Crippen molar-refractivity contribution in [3.05, 3.63) is 127 Å². The van der Waals surface area contributed by atoms with Crippen LogP contribution in [0.3, 0.4) is 0 Å². The molecule has 0 heterocycles. The van der Waals surface area contributed by atoms with E-state index in [1.807, 2.05) is 37.3 Å². The second-order valence-electron chi connectivity index (χ2n) is 8.64. The summed E-state index contributed by atoms with van der Waals surface area (Å²) < 4.78 is 12.3. The Morgan fingerprint density at radius 3 is 2.36 bits per heavy atom. The summed E-state index contributed by atoms with van der Waals surface area (Å²) in [4.78, 5) is 12.7. The zero-order chi connectivity index (χ0) is 27.8. The molecule has 0 atom stereocenters. The number of nitriles is 1. The highest BCUT2D eigenvalue weighted by Crippen LogP contribution is 2.29. The van der Waals surface area contributed by atoms with E-state index in [-0.39, 0.29) is 12.2 Å². The van der Waals surface area contributed by atoms with Gasteiger partial charge >= 0.3 is 0 Å². The van der Waals surface area contributed by atoms with E-state index in [2.05, 4.69) is 21.2 Å². The summed E-state index contributed by atoms with van der Waals surface area (Å²) in [5.74, 6) is 0.751. The number of amides is 1. The number of rotatable bonds is 9. The molecule has 4 rings (SSSR count). The number of anilines is 1. The summed E-state index contributed by atoms with van der Waals surface area (Å²) >= 11 is 15.6. The molecular weight excluding hydrogens is 599 g/mol. The summed E-state index contributed by atoms with van der Waals surface area (Å²) in [6.07, 6.45) is 1.51. The molecule has 0 bridgehead atoms. The van der Waals surface area contributed by atoms with E-state index < -0.39 is 5.91 Å². The molecule has 196 valence electrons. The van der Waals surface area contributed by atoms with Gasteiger partial charge in [-0.1, -0.05) is 65.2 Å². The van der Waals surface area contributed by atoms with Crippen molar-refractivity contribution in [2.45, 2.75) is 20.1 Å². The molecule has 0 aliphatic heterocycles. The lowest BCUT2D eigenvalue weighted by molar-refractivity contribution is -0.112. The molecule has 0 aliphatic rings. The number of carbonyl (C=O) groups excluding carboxylic acids is 1. The molecular formula is C31H23BrCl2N2O3. The van der Waals surface area contributed by atoms with Crippen LogP contribution in [0.4, 0.5) is 5.69 Å². The normalized spacial score (nSPS) is 11.0. The lowest BCUT2D eigenvalue weighted by atomic mass is 10.1. The topological polar surface area (TPSA) is 71.3 Å². The summed E-state index contributed by atoms with van der Waals surface area (Å²) in [5.41, 5.74) is 4.23. The van der Waals surface area contributed by atoms with E-state index in [0.717, 1.165) is 11.1 Å². The third-order valence-electron chi connectivity index (χ3n) is 5.67. The molecule has 0 saturated heterocycles. The standard InChI is InChI=1S/C31H23BrCl2N2O3/c1-20-2-4-21(5-3-20)18-38-27-11-9-26(10-12-27)36-31(37)24(17-35)14-22-6-13-30(28(32)15-22)39-19-23-7-8-25(33)16-29(23)34/h2-16H,18-19H2,1H3,(H,36,37)/b24-14+. The van der Waals surface area contributed by atoms with Gasteiger partial charge in [-0.2, -0.15) is 5.26 Å². The highest BCUT2D eigenvalue weighted by Gasteiger charge is 2.11. The maximum Gasteiger partial charge on any atom is 0.266 e. The predicted molar refractivity (Wildman–Crippen MR) is 159 cm³/mol. The van der Waals surface area contributed by atoms with Crippen molar-refractivity contribution in [2.75, 3.05) is 5.32 Å². The first-order valence-corrected chi connectivity index (χ1v) is 13.4. The molecule has 4 aromatic rings. The average molecular weight is 622 g/mol. The van der Waals surface area contributed by atoms with Crippen LogP contribution in [0.25, 0.3) is 6.08 Å². The zero-order valence-corrected chi connectivity index (χ0v) is 24.0. The van der Waals surface area contributed by atoms with Gasteiger partial charge in [-0.3, -0.25) is 4.79 Å². The summed E-state index contributed by atoms with van der Waals surface area (Å²) in [7, 11) is 0. The van der Waals surface area contributed by atoms with Crippen molar-refractivity contribution >= 4 is 56.8 Å². The fourth-order valence-corrected chi connectivity index (χ4v) is 4.49. The van der Waals surface area contributed by atoms with Crippen molar-refractivity contribution in [3.63, 3.8) is 0 Å². The van der Waals surface area contributed by atoms with Crippen LogP contribution in [-0.2, 0) is 18.0 Å². The zero-order valence-electron chi connectivity index (χ0n) is 20.9. The molecule has 1 amide bonds. The minimum absolute atomic E-state index is 0.0387. The summed E-state index contributed by atoms with van der Waals surface area (Å²) in [6, 6.07) is 27.6. The number of ether oxygens (including phenoxy) is 2. The highest BCUT2D eigenvalue weighted by molar-refractivity contribution is 9.10. The maximum absolute atomic E-state index is 12.7. The SMILES string of the molecule is Cc1ccc(COc2ccc(NC(=O)/C(C#N)=C/c3ccc(OCc4ccc(Cl)cc4Cl)c(Br)c3)cc2)cc1. The van der Waals surface area contributed by atoms with Crippen molar-refractivity contribution in [2.24, 2.45) is 0 Å². The van der Waals surface area contributed by atoms with Crippen LogP contribution in [0.5, 0.6) is 11.5 Å². The number of halogens is 3. The Labute approximate surface area is 245 Å². The van der Waals surface area contributed by atoms with Crippen LogP contribution in [-0.4, -0.2) is 5.91 Å². The Balaban J connectivity index is 1.35. The minimum Gasteiger partial charge on any atom is -0.489 e. The lowest BCUT2D eigenvalue weighted by Crippen LogP contribution is -2.13. The quantitative estimate of drug-likeness (QED) is 0.150. The van der Waals surface area contributed by atoms with Gasteiger partial charge in [-0.25, -0.2) is 0 Å². The van der Waals surface area contributed by atoms with Gasteiger partial charge in [0, 0.05) is 21.3 Å². The first kappa shape index (κ1) is 28.3. The number of benzene rings is 4. The van der Waals surface area contributed by atoms with Gasteiger partial charge in [0.05, 0.1) is 4.47 Å². The van der Waals surface area contributed by atoms with Crippen molar-refractivity contribution < 1.29 is 14.3 Å². The van der Waals surface area contributed by atoms with Gasteiger partial charge in [0.15, 0.2) is 0 Å². The molecule has 0 unspecified atom stereocenters. The Morgan fingerprint density at radius 2 is 1.69 bits per heavy atom. The lowest BCUT2D eigenvalue weighted by Gasteiger charge is -2.11. The van der Waals surface area contributed by atoms with Gasteiger partial charge < -0.3 is 14.8 Å². The second kappa shape index (κ2) is 13.3. The second-order valence-corrected chi connectivity index (χ2v) is 10.3. The van der Waals surface area contributed by atoms with Gasteiger partial charge in [-0.15, -0.1) is 0 Å². The van der Waals surface area contributed by atoms with Gasteiger partial charge in [0.1, 0.15) is 36.4 Å². The Morgan fingerprint density at radius 1 is 0.949 bits per heavy atom. The number of carbonyl (C=O) groups is 1. The molecule has 0 radical (unpaired) electrons. The van der Waals surface area contributed by atoms with Crippen molar-refractivity contribution in [3.8, 4) is 17.6 Å². The molecule has 0 aromatic heterocycles. The molecule has 4 aromatic carbocycles.